The fourth-order valence-corrected chi connectivity index (χ4v) is 2.03. The molecule has 0 bridgehead atoms. The molecule has 0 saturated heterocycles. The highest BCUT2D eigenvalue weighted by Crippen LogP contribution is 2.15. The average Bonchev–Trinajstić information content (AvgIpc) is 2.39. The van der Waals surface area contributed by atoms with Crippen LogP contribution in [0, 0.1) is 6.92 Å². The van der Waals surface area contributed by atoms with Crippen molar-refractivity contribution in [2.24, 2.45) is 0 Å². The van der Waals surface area contributed by atoms with Crippen molar-refractivity contribution in [2.45, 2.75) is 6.92 Å². The van der Waals surface area contributed by atoms with Gasteiger partial charge in [0, 0.05) is 23.3 Å². The molecular weight excluding hydrogens is 258 g/mol. The Kier molecular flexibility index (Phi) is 4.23. The molecule has 0 saturated carbocycles. The highest BCUT2D eigenvalue weighted by Gasteiger charge is 2.10. The molecule has 0 atom stereocenters. The fraction of sp³-hybridized carbons (Fsp3) is 0.188. The van der Waals surface area contributed by atoms with E-state index in [0.29, 0.717) is 17.1 Å². The summed E-state index contributed by atoms with van der Waals surface area (Å²) in [6.07, 6.45) is 0. The predicted molar refractivity (Wildman–Crippen MR) is 80.2 cm³/mol. The van der Waals surface area contributed by atoms with Crippen molar-refractivity contribution in [1.29, 1.82) is 0 Å². The zero-order valence-corrected chi connectivity index (χ0v) is 11.8. The lowest BCUT2D eigenvalue weighted by Gasteiger charge is -2.18. The summed E-state index contributed by atoms with van der Waals surface area (Å²) in [7, 11) is 1.92. The first-order valence-electron chi connectivity index (χ1n) is 6.13. The standard InChI is InChI=1S/C16H16ClNO/c1-12-4-3-5-15(10-12)18(2)11-16(19)13-6-8-14(17)9-7-13/h3-10H,11H2,1-2H3. The molecule has 2 rings (SSSR count). The molecule has 0 radical (unpaired) electrons. The summed E-state index contributed by atoms with van der Waals surface area (Å²) in [5.74, 6) is 0.0840. The number of carbonyl (C=O) groups excluding carboxylic acids is 1. The molecule has 0 spiro atoms. The van der Waals surface area contributed by atoms with E-state index in [1.807, 2.05) is 37.1 Å². The first-order valence-corrected chi connectivity index (χ1v) is 6.50. The van der Waals surface area contributed by atoms with Crippen molar-refractivity contribution in [1.82, 2.24) is 0 Å². The van der Waals surface area contributed by atoms with E-state index in [1.165, 1.54) is 5.56 Å². The zero-order valence-electron chi connectivity index (χ0n) is 11.1. The second-order valence-electron chi connectivity index (χ2n) is 4.63. The summed E-state index contributed by atoms with van der Waals surface area (Å²) in [5.41, 5.74) is 2.91. The third-order valence-electron chi connectivity index (χ3n) is 2.99. The van der Waals surface area contributed by atoms with Gasteiger partial charge >= 0.3 is 0 Å². The lowest BCUT2D eigenvalue weighted by Crippen LogP contribution is -2.25. The number of anilines is 1. The Balaban J connectivity index is 2.08. The van der Waals surface area contributed by atoms with Crippen LogP contribution in [0.2, 0.25) is 5.02 Å². The summed E-state index contributed by atoms with van der Waals surface area (Å²) < 4.78 is 0. The Hall–Kier alpha value is -1.80. The van der Waals surface area contributed by atoms with Gasteiger partial charge in [0.15, 0.2) is 5.78 Å². The number of benzene rings is 2. The molecular formula is C16H16ClNO. The van der Waals surface area contributed by atoms with Crippen LogP contribution in [0.15, 0.2) is 48.5 Å². The molecule has 2 aromatic rings. The average molecular weight is 274 g/mol. The number of hydrogen-bond donors (Lipinski definition) is 0. The Morgan fingerprint density at radius 1 is 1.16 bits per heavy atom. The first kappa shape index (κ1) is 13.6. The number of ketones is 1. The summed E-state index contributed by atoms with van der Waals surface area (Å²) in [4.78, 5) is 14.1. The number of rotatable bonds is 4. The van der Waals surface area contributed by atoms with Gasteiger partial charge in [-0.25, -0.2) is 0 Å². The van der Waals surface area contributed by atoms with Crippen LogP contribution in [0.25, 0.3) is 0 Å². The molecule has 19 heavy (non-hydrogen) atoms. The molecule has 0 aliphatic heterocycles. The van der Waals surface area contributed by atoms with E-state index in [0.717, 1.165) is 5.69 Å². The van der Waals surface area contributed by atoms with Crippen LogP contribution >= 0.6 is 11.6 Å². The van der Waals surface area contributed by atoms with Crippen molar-refractivity contribution in [2.75, 3.05) is 18.5 Å². The van der Waals surface area contributed by atoms with Gasteiger partial charge in [0.25, 0.3) is 0 Å². The molecule has 2 nitrogen and oxygen atoms in total. The summed E-state index contributed by atoms with van der Waals surface area (Å²) >= 11 is 5.81. The summed E-state index contributed by atoms with van der Waals surface area (Å²) in [6.45, 7) is 2.39. The van der Waals surface area contributed by atoms with E-state index in [4.69, 9.17) is 11.6 Å². The molecule has 0 aromatic heterocycles. The molecule has 98 valence electrons. The van der Waals surface area contributed by atoms with E-state index >= 15 is 0 Å². The first-order chi connectivity index (χ1) is 9.06. The maximum atomic E-state index is 12.1. The van der Waals surface area contributed by atoms with Crippen molar-refractivity contribution < 1.29 is 4.79 Å². The molecule has 0 amide bonds. The highest BCUT2D eigenvalue weighted by atomic mass is 35.5. The normalized spacial score (nSPS) is 10.3. The number of likely N-dealkylation sites (N-methyl/N-ethyl adjacent to an activating group) is 1. The van der Waals surface area contributed by atoms with Gasteiger partial charge in [-0.15, -0.1) is 0 Å². The number of aryl methyl sites for hydroxylation is 1. The number of hydrogen-bond acceptors (Lipinski definition) is 2. The van der Waals surface area contributed by atoms with Crippen LogP contribution < -0.4 is 4.90 Å². The fourth-order valence-electron chi connectivity index (χ4n) is 1.90. The van der Waals surface area contributed by atoms with Crippen LogP contribution in [0.4, 0.5) is 5.69 Å². The van der Waals surface area contributed by atoms with E-state index in [1.54, 1.807) is 24.3 Å². The molecule has 2 aromatic carbocycles. The Labute approximate surface area is 118 Å². The molecule has 0 fully saturated rings. The van der Waals surface area contributed by atoms with Gasteiger partial charge in [-0.1, -0.05) is 23.7 Å². The minimum Gasteiger partial charge on any atom is -0.367 e. The second-order valence-corrected chi connectivity index (χ2v) is 5.06. The third kappa shape index (κ3) is 3.58. The van der Waals surface area contributed by atoms with Crippen LogP contribution in [0.1, 0.15) is 15.9 Å². The highest BCUT2D eigenvalue weighted by molar-refractivity contribution is 6.30. The topological polar surface area (TPSA) is 20.3 Å². The molecule has 3 heteroatoms. The van der Waals surface area contributed by atoms with Crippen molar-refractivity contribution >= 4 is 23.1 Å². The van der Waals surface area contributed by atoms with Crippen LogP contribution in [0.3, 0.4) is 0 Å². The maximum absolute atomic E-state index is 12.1. The Bertz CT molecular complexity index is 578. The number of carbonyl (C=O) groups is 1. The molecule has 0 unspecified atom stereocenters. The van der Waals surface area contributed by atoms with Gasteiger partial charge in [0.1, 0.15) is 0 Å². The number of nitrogens with zero attached hydrogens (tertiary/aromatic N) is 1. The van der Waals surface area contributed by atoms with Crippen molar-refractivity contribution in [3.8, 4) is 0 Å². The van der Waals surface area contributed by atoms with Crippen molar-refractivity contribution in [3.05, 3.63) is 64.7 Å². The minimum absolute atomic E-state index is 0.0840. The van der Waals surface area contributed by atoms with Gasteiger partial charge in [-0.3, -0.25) is 4.79 Å². The Morgan fingerprint density at radius 3 is 2.47 bits per heavy atom. The zero-order chi connectivity index (χ0) is 13.8. The van der Waals surface area contributed by atoms with Gasteiger partial charge in [0.2, 0.25) is 0 Å². The van der Waals surface area contributed by atoms with Gasteiger partial charge < -0.3 is 4.90 Å². The lowest BCUT2D eigenvalue weighted by atomic mass is 10.1. The van der Waals surface area contributed by atoms with E-state index in [9.17, 15) is 4.79 Å². The molecule has 0 heterocycles. The molecule has 0 aliphatic rings. The van der Waals surface area contributed by atoms with Gasteiger partial charge in [-0.2, -0.15) is 0 Å². The number of Topliss-reactive ketones (excluding diaryl/α,β-unsaturated/α-hetero) is 1. The SMILES string of the molecule is Cc1cccc(N(C)CC(=O)c2ccc(Cl)cc2)c1. The monoisotopic (exact) mass is 273 g/mol. The lowest BCUT2D eigenvalue weighted by molar-refractivity contribution is 0.100. The number of halogens is 1. The van der Waals surface area contributed by atoms with Crippen LogP contribution in [0.5, 0.6) is 0 Å². The quantitative estimate of drug-likeness (QED) is 0.786. The second kappa shape index (κ2) is 5.89. The summed E-state index contributed by atoms with van der Waals surface area (Å²) in [6, 6.07) is 15.1. The van der Waals surface area contributed by atoms with Gasteiger partial charge in [-0.05, 0) is 48.9 Å². The maximum Gasteiger partial charge on any atom is 0.182 e. The smallest absolute Gasteiger partial charge is 0.182 e. The van der Waals surface area contributed by atoms with Crippen LogP contribution in [-0.2, 0) is 0 Å². The Morgan fingerprint density at radius 2 is 1.84 bits per heavy atom. The molecule has 0 aliphatic carbocycles. The van der Waals surface area contributed by atoms with E-state index < -0.39 is 0 Å². The van der Waals surface area contributed by atoms with Crippen molar-refractivity contribution in [3.63, 3.8) is 0 Å². The minimum atomic E-state index is 0.0840. The van der Waals surface area contributed by atoms with Gasteiger partial charge in [0.05, 0.1) is 6.54 Å². The molecule has 0 N–H and O–H groups in total. The van der Waals surface area contributed by atoms with Crippen LogP contribution in [-0.4, -0.2) is 19.4 Å². The largest absolute Gasteiger partial charge is 0.367 e. The predicted octanol–water partition coefficient (Wildman–Crippen LogP) is 3.97. The van der Waals surface area contributed by atoms with E-state index in [2.05, 4.69) is 6.07 Å². The van der Waals surface area contributed by atoms with E-state index in [-0.39, 0.29) is 5.78 Å². The summed E-state index contributed by atoms with van der Waals surface area (Å²) in [5, 5.41) is 0.642. The third-order valence-corrected chi connectivity index (χ3v) is 3.24.